The van der Waals surface area contributed by atoms with Gasteiger partial charge in [0.1, 0.15) is 11.3 Å². The van der Waals surface area contributed by atoms with Crippen LogP contribution in [0.1, 0.15) is 17.5 Å². The van der Waals surface area contributed by atoms with Crippen LogP contribution in [0.15, 0.2) is 48.4 Å². The summed E-state index contributed by atoms with van der Waals surface area (Å²) in [5, 5.41) is 14.7. The van der Waals surface area contributed by atoms with E-state index in [1.54, 1.807) is 6.07 Å². The minimum Gasteiger partial charge on any atom is -0.506 e. The van der Waals surface area contributed by atoms with Gasteiger partial charge in [-0.2, -0.15) is 0 Å². The summed E-state index contributed by atoms with van der Waals surface area (Å²) in [6.45, 7) is 4.22. The van der Waals surface area contributed by atoms with Crippen molar-refractivity contribution < 1.29 is 13.5 Å². The number of hydrogen-bond acceptors (Lipinski definition) is 7. The third-order valence-electron chi connectivity index (χ3n) is 4.15. The van der Waals surface area contributed by atoms with E-state index in [-0.39, 0.29) is 12.3 Å². The highest BCUT2D eigenvalue weighted by Crippen LogP contribution is 2.32. The van der Waals surface area contributed by atoms with Gasteiger partial charge in [0.05, 0.1) is 4.70 Å². The van der Waals surface area contributed by atoms with Gasteiger partial charge in [-0.1, -0.05) is 30.0 Å². The Labute approximate surface area is 168 Å². The SMILES string of the molecule is C=CS(=O)(=O)NCc1cccc(NCCCc2cc(O)c3nc(N)sc3c2)c1. The first-order chi connectivity index (χ1) is 13.4. The van der Waals surface area contributed by atoms with Crippen LogP contribution in [0.5, 0.6) is 5.75 Å². The zero-order valence-electron chi connectivity index (χ0n) is 15.2. The largest absolute Gasteiger partial charge is 0.506 e. The van der Waals surface area contributed by atoms with E-state index in [4.69, 9.17) is 5.73 Å². The number of phenols is 1. The molecule has 28 heavy (non-hydrogen) atoms. The molecule has 148 valence electrons. The van der Waals surface area contributed by atoms with Crippen molar-refractivity contribution in [1.82, 2.24) is 9.71 Å². The van der Waals surface area contributed by atoms with E-state index in [1.165, 1.54) is 11.3 Å². The molecule has 0 spiro atoms. The number of aromatic nitrogens is 1. The number of aryl methyl sites for hydroxylation is 1. The van der Waals surface area contributed by atoms with Crippen molar-refractivity contribution in [2.75, 3.05) is 17.6 Å². The predicted molar refractivity (Wildman–Crippen MR) is 115 cm³/mol. The summed E-state index contributed by atoms with van der Waals surface area (Å²) in [6, 6.07) is 11.3. The van der Waals surface area contributed by atoms with Crippen molar-refractivity contribution in [2.45, 2.75) is 19.4 Å². The van der Waals surface area contributed by atoms with Crippen LogP contribution >= 0.6 is 11.3 Å². The maximum Gasteiger partial charge on any atom is 0.233 e. The number of thiazole rings is 1. The number of phenolic OH excluding ortho intramolecular Hbond substituents is 1. The molecule has 0 aliphatic rings. The molecule has 2 aromatic carbocycles. The fourth-order valence-corrected chi connectivity index (χ4v) is 4.09. The van der Waals surface area contributed by atoms with E-state index >= 15 is 0 Å². The monoisotopic (exact) mass is 418 g/mol. The van der Waals surface area contributed by atoms with Crippen molar-refractivity contribution >= 4 is 42.4 Å². The summed E-state index contributed by atoms with van der Waals surface area (Å²) in [6.07, 6.45) is 1.67. The minimum absolute atomic E-state index is 0.156. The normalized spacial score (nSPS) is 11.6. The molecule has 0 aliphatic carbocycles. The quantitative estimate of drug-likeness (QED) is 0.397. The fourth-order valence-electron chi connectivity index (χ4n) is 2.79. The molecule has 0 saturated heterocycles. The summed E-state index contributed by atoms with van der Waals surface area (Å²) in [7, 11) is -3.44. The van der Waals surface area contributed by atoms with Gasteiger partial charge in [-0.3, -0.25) is 0 Å². The topological polar surface area (TPSA) is 117 Å². The summed E-state index contributed by atoms with van der Waals surface area (Å²) in [5.41, 5.74) is 9.06. The summed E-state index contributed by atoms with van der Waals surface area (Å²) >= 11 is 1.36. The van der Waals surface area contributed by atoms with Crippen LogP contribution in [0.4, 0.5) is 10.8 Å². The third-order valence-corrected chi connectivity index (χ3v) is 5.96. The number of hydrogen-bond donors (Lipinski definition) is 4. The average molecular weight is 419 g/mol. The summed E-state index contributed by atoms with van der Waals surface area (Å²) in [4.78, 5) is 4.12. The Morgan fingerprint density at radius 2 is 2.07 bits per heavy atom. The number of anilines is 2. The molecule has 5 N–H and O–H groups in total. The number of nitrogens with one attached hydrogen (secondary N) is 2. The lowest BCUT2D eigenvalue weighted by Gasteiger charge is -2.09. The van der Waals surface area contributed by atoms with Crippen molar-refractivity contribution in [3.8, 4) is 5.75 Å². The minimum atomic E-state index is -3.44. The molecule has 7 nitrogen and oxygen atoms in total. The van der Waals surface area contributed by atoms with Crippen LogP contribution in [0, 0.1) is 0 Å². The molecule has 3 aromatic rings. The molecule has 1 heterocycles. The van der Waals surface area contributed by atoms with Gasteiger partial charge < -0.3 is 16.2 Å². The lowest BCUT2D eigenvalue weighted by atomic mass is 10.1. The second kappa shape index (κ2) is 8.59. The van der Waals surface area contributed by atoms with E-state index in [2.05, 4.69) is 21.6 Å². The number of nitrogens with zero attached hydrogens (tertiary/aromatic N) is 1. The Morgan fingerprint density at radius 1 is 1.25 bits per heavy atom. The lowest BCUT2D eigenvalue weighted by molar-refractivity contribution is 0.480. The molecule has 0 unspecified atom stereocenters. The van der Waals surface area contributed by atoms with E-state index < -0.39 is 10.0 Å². The summed E-state index contributed by atoms with van der Waals surface area (Å²) in [5.74, 6) is 0.156. The number of rotatable bonds is 9. The second-order valence-corrected chi connectivity index (χ2v) is 9.05. The Hall–Kier alpha value is -2.62. The molecule has 0 radical (unpaired) electrons. The predicted octanol–water partition coefficient (Wildman–Crippen LogP) is 3.19. The number of aromatic hydroxyl groups is 1. The van der Waals surface area contributed by atoms with Crippen LogP contribution in [-0.2, 0) is 23.0 Å². The smallest absolute Gasteiger partial charge is 0.233 e. The van der Waals surface area contributed by atoms with Gasteiger partial charge in [0.2, 0.25) is 10.0 Å². The van der Waals surface area contributed by atoms with Gasteiger partial charge in [0.25, 0.3) is 0 Å². The maximum atomic E-state index is 11.4. The zero-order chi connectivity index (χ0) is 20.1. The van der Waals surface area contributed by atoms with Crippen LogP contribution in [0.3, 0.4) is 0 Å². The third kappa shape index (κ3) is 5.22. The van der Waals surface area contributed by atoms with E-state index in [9.17, 15) is 13.5 Å². The van der Waals surface area contributed by atoms with Crippen LogP contribution in [0.2, 0.25) is 0 Å². The molecule has 0 saturated carbocycles. The standard InChI is InChI=1S/C19H22N4O3S2/c1-2-28(25,26)22-12-14-5-3-7-15(9-14)21-8-4-6-13-10-16(24)18-17(11-13)27-19(20)23-18/h2-3,5,7,9-11,21-22,24H,1,4,6,8,12H2,(H2,20,23). The van der Waals surface area contributed by atoms with Crippen molar-refractivity contribution in [3.63, 3.8) is 0 Å². The van der Waals surface area contributed by atoms with E-state index in [1.807, 2.05) is 30.3 Å². The van der Waals surface area contributed by atoms with Crippen molar-refractivity contribution in [3.05, 3.63) is 59.5 Å². The zero-order valence-corrected chi connectivity index (χ0v) is 16.8. The first-order valence-corrected chi connectivity index (χ1v) is 11.1. The van der Waals surface area contributed by atoms with Crippen molar-refractivity contribution in [2.24, 2.45) is 0 Å². The Bertz CT molecular complexity index is 1090. The van der Waals surface area contributed by atoms with Gasteiger partial charge in [0.15, 0.2) is 5.13 Å². The van der Waals surface area contributed by atoms with Crippen LogP contribution in [-0.4, -0.2) is 25.1 Å². The molecule has 3 rings (SSSR count). The van der Waals surface area contributed by atoms with Gasteiger partial charge in [0, 0.05) is 24.2 Å². The number of sulfonamides is 1. The molecule has 1 aromatic heterocycles. The van der Waals surface area contributed by atoms with Gasteiger partial charge in [-0.05, 0) is 48.2 Å². The molecule has 0 aliphatic heterocycles. The molecule has 9 heteroatoms. The second-order valence-electron chi connectivity index (χ2n) is 6.28. The fraction of sp³-hybridized carbons (Fsp3) is 0.211. The first-order valence-electron chi connectivity index (χ1n) is 8.69. The molecular weight excluding hydrogens is 396 g/mol. The molecule has 0 atom stereocenters. The van der Waals surface area contributed by atoms with Gasteiger partial charge >= 0.3 is 0 Å². The van der Waals surface area contributed by atoms with Crippen LogP contribution in [0.25, 0.3) is 10.2 Å². The molecule has 0 fully saturated rings. The van der Waals surface area contributed by atoms with Crippen LogP contribution < -0.4 is 15.8 Å². The highest BCUT2D eigenvalue weighted by Gasteiger charge is 2.08. The number of benzene rings is 2. The number of nitrogen functional groups attached to an aromatic ring is 1. The maximum absolute atomic E-state index is 11.4. The molecular formula is C19H22N4O3S2. The van der Waals surface area contributed by atoms with Gasteiger partial charge in [-0.25, -0.2) is 18.1 Å². The van der Waals surface area contributed by atoms with Crippen molar-refractivity contribution in [1.29, 1.82) is 0 Å². The van der Waals surface area contributed by atoms with E-state index in [0.717, 1.165) is 46.3 Å². The van der Waals surface area contributed by atoms with Gasteiger partial charge in [-0.15, -0.1) is 0 Å². The first kappa shape index (κ1) is 20.1. The Kier molecular flexibility index (Phi) is 6.18. The Morgan fingerprint density at radius 3 is 2.86 bits per heavy atom. The lowest BCUT2D eigenvalue weighted by Crippen LogP contribution is -2.20. The molecule has 0 bridgehead atoms. The molecule has 0 amide bonds. The van der Waals surface area contributed by atoms with E-state index in [0.29, 0.717) is 10.6 Å². The summed E-state index contributed by atoms with van der Waals surface area (Å²) < 4.78 is 26.2. The highest BCUT2D eigenvalue weighted by atomic mass is 32.2. The number of fused-ring (bicyclic) bond motifs is 1. The average Bonchev–Trinajstić information content (AvgIpc) is 3.05. The Balaban J connectivity index is 1.53. The highest BCUT2D eigenvalue weighted by molar-refractivity contribution is 7.92. The number of nitrogens with two attached hydrogens (primary N) is 1.